The van der Waals surface area contributed by atoms with Crippen molar-refractivity contribution in [3.05, 3.63) is 76.0 Å². The Morgan fingerprint density at radius 3 is 2.43 bits per heavy atom. The fourth-order valence-electron chi connectivity index (χ4n) is 2.51. The number of ketones is 1. The third kappa shape index (κ3) is 6.71. The van der Waals surface area contributed by atoms with Gasteiger partial charge in [-0.05, 0) is 66.5 Å². The molecule has 0 aromatic heterocycles. The minimum Gasteiger partial charge on any atom is -0.508 e. The largest absolute Gasteiger partial charge is 0.508 e. The van der Waals surface area contributed by atoms with E-state index in [1.54, 1.807) is 61.5 Å². The molecule has 0 spiro atoms. The highest BCUT2D eigenvalue weighted by molar-refractivity contribution is 6.30. The molecule has 0 fully saturated rings. The average molecular weight is 398 g/mol. The van der Waals surface area contributed by atoms with Crippen LogP contribution in [-0.4, -0.2) is 16.8 Å². The first-order valence-electron chi connectivity index (χ1n) is 9.18. The van der Waals surface area contributed by atoms with E-state index < -0.39 is 0 Å². The molecule has 146 valence electrons. The molecular weight excluding hydrogens is 374 g/mol. The summed E-state index contributed by atoms with van der Waals surface area (Å²) in [6, 6.07) is 12.1. The lowest BCUT2D eigenvalue weighted by atomic mass is 10.1. The number of carbonyl (C=O) groups is 2. The van der Waals surface area contributed by atoms with Crippen LogP contribution in [0.3, 0.4) is 0 Å². The smallest absolute Gasteiger partial charge is 0.248 e. The Labute approximate surface area is 170 Å². The first-order valence-corrected chi connectivity index (χ1v) is 9.56. The molecule has 0 saturated carbocycles. The standard InChI is InChI=1S/C23H24ClNO3/c1-3-4-5-22(27)20(15-18-8-12-21(26)16(2)14-18)25-23(28)13-9-17-6-10-19(24)11-7-17/h6-15,26H,3-5H2,1-2H3,(H,25,28)/b13-9+,20-15-. The summed E-state index contributed by atoms with van der Waals surface area (Å²) in [6.45, 7) is 3.78. The highest BCUT2D eigenvalue weighted by Gasteiger charge is 2.12. The first-order chi connectivity index (χ1) is 13.4. The highest BCUT2D eigenvalue weighted by Crippen LogP contribution is 2.19. The van der Waals surface area contributed by atoms with Gasteiger partial charge in [0.2, 0.25) is 5.91 Å². The van der Waals surface area contributed by atoms with Crippen LogP contribution in [0.15, 0.2) is 54.2 Å². The number of amides is 1. The number of rotatable bonds is 8. The van der Waals surface area contributed by atoms with Crippen molar-refractivity contribution in [1.29, 1.82) is 0 Å². The molecule has 4 nitrogen and oxygen atoms in total. The van der Waals surface area contributed by atoms with Crippen molar-refractivity contribution < 1.29 is 14.7 Å². The summed E-state index contributed by atoms with van der Waals surface area (Å²) in [5, 5.41) is 13.0. The number of aryl methyl sites for hydroxylation is 1. The maximum atomic E-state index is 12.5. The lowest BCUT2D eigenvalue weighted by Gasteiger charge is -2.08. The highest BCUT2D eigenvalue weighted by atomic mass is 35.5. The van der Waals surface area contributed by atoms with Crippen LogP contribution < -0.4 is 5.32 Å². The van der Waals surface area contributed by atoms with Gasteiger partial charge in [0.05, 0.1) is 5.70 Å². The fraction of sp³-hybridized carbons (Fsp3) is 0.217. The minimum atomic E-state index is -0.387. The summed E-state index contributed by atoms with van der Waals surface area (Å²) in [5.74, 6) is -0.326. The Balaban J connectivity index is 2.19. The topological polar surface area (TPSA) is 66.4 Å². The number of phenolic OH excluding ortho intramolecular Hbond substituents is 1. The van der Waals surface area contributed by atoms with E-state index in [0.717, 1.165) is 24.0 Å². The van der Waals surface area contributed by atoms with E-state index >= 15 is 0 Å². The Kier molecular flexibility index (Phi) is 8.02. The Morgan fingerprint density at radius 2 is 1.79 bits per heavy atom. The van der Waals surface area contributed by atoms with E-state index in [0.29, 0.717) is 17.0 Å². The number of phenols is 1. The van der Waals surface area contributed by atoms with Crippen molar-refractivity contribution in [2.75, 3.05) is 0 Å². The fourth-order valence-corrected chi connectivity index (χ4v) is 2.64. The van der Waals surface area contributed by atoms with Crippen molar-refractivity contribution in [1.82, 2.24) is 5.32 Å². The number of Topliss-reactive ketones (excluding diaryl/α,β-unsaturated/α-hetero) is 1. The van der Waals surface area contributed by atoms with Gasteiger partial charge < -0.3 is 10.4 Å². The summed E-state index contributed by atoms with van der Waals surface area (Å²) in [5.41, 5.74) is 2.50. The predicted molar refractivity (Wildman–Crippen MR) is 114 cm³/mol. The molecule has 0 atom stereocenters. The van der Waals surface area contributed by atoms with Gasteiger partial charge in [-0.3, -0.25) is 9.59 Å². The molecule has 1 amide bonds. The molecule has 28 heavy (non-hydrogen) atoms. The maximum Gasteiger partial charge on any atom is 0.248 e. The van der Waals surface area contributed by atoms with Gasteiger partial charge in [0, 0.05) is 17.5 Å². The second-order valence-electron chi connectivity index (χ2n) is 6.50. The van der Waals surface area contributed by atoms with Crippen LogP contribution in [0.2, 0.25) is 5.02 Å². The molecular formula is C23H24ClNO3. The molecule has 5 heteroatoms. The van der Waals surface area contributed by atoms with Gasteiger partial charge in [0.25, 0.3) is 0 Å². The number of benzene rings is 2. The van der Waals surface area contributed by atoms with Crippen LogP contribution in [0.25, 0.3) is 12.2 Å². The first kappa shape index (κ1) is 21.5. The monoisotopic (exact) mass is 397 g/mol. The van der Waals surface area contributed by atoms with Crippen LogP contribution in [0.1, 0.15) is 42.9 Å². The normalized spacial score (nSPS) is 11.6. The Bertz CT molecular complexity index is 899. The van der Waals surface area contributed by atoms with E-state index in [1.165, 1.54) is 6.08 Å². The van der Waals surface area contributed by atoms with Crippen LogP contribution in [0.5, 0.6) is 5.75 Å². The van der Waals surface area contributed by atoms with Gasteiger partial charge in [-0.15, -0.1) is 0 Å². The molecule has 0 bridgehead atoms. The summed E-state index contributed by atoms with van der Waals surface area (Å²) >= 11 is 5.85. The van der Waals surface area contributed by atoms with Crippen LogP contribution in [0.4, 0.5) is 0 Å². The van der Waals surface area contributed by atoms with Gasteiger partial charge in [-0.25, -0.2) is 0 Å². The molecule has 0 aliphatic heterocycles. The number of hydrogen-bond donors (Lipinski definition) is 2. The molecule has 2 rings (SSSR count). The van der Waals surface area contributed by atoms with Gasteiger partial charge in [0.1, 0.15) is 5.75 Å². The SMILES string of the molecule is CCCCC(=O)/C(=C/c1ccc(O)c(C)c1)NC(=O)/C=C/c1ccc(Cl)cc1. The van der Waals surface area contributed by atoms with Crippen LogP contribution in [-0.2, 0) is 9.59 Å². The van der Waals surface area contributed by atoms with Gasteiger partial charge in [-0.1, -0.05) is 43.1 Å². The summed E-state index contributed by atoms with van der Waals surface area (Å²) in [7, 11) is 0. The molecule has 0 radical (unpaired) electrons. The Morgan fingerprint density at radius 1 is 1.11 bits per heavy atom. The number of hydrogen-bond acceptors (Lipinski definition) is 3. The van der Waals surface area contributed by atoms with E-state index in [9.17, 15) is 14.7 Å². The third-order valence-electron chi connectivity index (χ3n) is 4.14. The summed E-state index contributed by atoms with van der Waals surface area (Å²) < 4.78 is 0. The molecule has 0 aliphatic carbocycles. The molecule has 0 heterocycles. The number of allylic oxidation sites excluding steroid dienone is 1. The van der Waals surface area contributed by atoms with Crippen molar-refractivity contribution in [2.45, 2.75) is 33.1 Å². The van der Waals surface area contributed by atoms with E-state index in [2.05, 4.69) is 5.32 Å². The van der Waals surface area contributed by atoms with E-state index in [4.69, 9.17) is 11.6 Å². The van der Waals surface area contributed by atoms with Crippen molar-refractivity contribution in [3.8, 4) is 5.75 Å². The molecule has 0 aliphatic rings. The molecule has 2 aromatic carbocycles. The Hall–Kier alpha value is -2.85. The van der Waals surface area contributed by atoms with E-state index in [-0.39, 0.29) is 23.1 Å². The van der Waals surface area contributed by atoms with Crippen molar-refractivity contribution in [3.63, 3.8) is 0 Å². The number of unbranched alkanes of at least 4 members (excludes halogenated alkanes) is 1. The number of halogens is 1. The number of aromatic hydroxyl groups is 1. The summed E-state index contributed by atoms with van der Waals surface area (Å²) in [4.78, 5) is 24.9. The molecule has 0 unspecified atom stereocenters. The van der Waals surface area contributed by atoms with Crippen LogP contribution in [0, 0.1) is 6.92 Å². The lowest BCUT2D eigenvalue weighted by Crippen LogP contribution is -2.25. The second kappa shape index (κ2) is 10.5. The predicted octanol–water partition coefficient (Wildman–Crippen LogP) is 5.28. The number of nitrogens with one attached hydrogen (secondary N) is 1. The average Bonchev–Trinajstić information content (AvgIpc) is 2.68. The molecule has 0 saturated heterocycles. The van der Waals surface area contributed by atoms with Gasteiger partial charge in [-0.2, -0.15) is 0 Å². The quantitative estimate of drug-likeness (QED) is 0.595. The van der Waals surface area contributed by atoms with Crippen LogP contribution >= 0.6 is 11.6 Å². The third-order valence-corrected chi connectivity index (χ3v) is 4.40. The lowest BCUT2D eigenvalue weighted by molar-refractivity contribution is -0.120. The van der Waals surface area contributed by atoms with Gasteiger partial charge >= 0.3 is 0 Å². The minimum absolute atomic E-state index is 0.124. The van der Waals surface area contributed by atoms with Crippen molar-refractivity contribution in [2.24, 2.45) is 0 Å². The second-order valence-corrected chi connectivity index (χ2v) is 6.94. The molecule has 2 N–H and O–H groups in total. The zero-order chi connectivity index (χ0) is 20.5. The molecule has 2 aromatic rings. The zero-order valence-electron chi connectivity index (χ0n) is 16.0. The van der Waals surface area contributed by atoms with Crippen molar-refractivity contribution >= 4 is 35.4 Å². The zero-order valence-corrected chi connectivity index (χ0v) is 16.8. The maximum absolute atomic E-state index is 12.5. The van der Waals surface area contributed by atoms with Gasteiger partial charge in [0.15, 0.2) is 5.78 Å². The van der Waals surface area contributed by atoms with E-state index in [1.807, 2.05) is 6.92 Å². The summed E-state index contributed by atoms with van der Waals surface area (Å²) in [6.07, 6.45) is 6.68. The number of carbonyl (C=O) groups excluding carboxylic acids is 2.